The Morgan fingerprint density at radius 2 is 1.94 bits per heavy atom. The van der Waals surface area contributed by atoms with Gasteiger partial charge in [0.15, 0.2) is 6.29 Å². The molecule has 9 nitrogen and oxygen atoms in total. The highest BCUT2D eigenvalue weighted by atomic mass is 19.1. The number of benzene rings is 1. The van der Waals surface area contributed by atoms with Gasteiger partial charge in [-0.3, -0.25) is 9.48 Å². The molecule has 1 fully saturated rings. The topological polar surface area (TPSA) is 91.0 Å². The smallest absolute Gasteiger partial charge is 0.170 e. The molecular weight excluding hydrogens is 425 g/mol. The molecule has 0 saturated carbocycles. The zero-order valence-electron chi connectivity index (χ0n) is 18.0. The van der Waals surface area contributed by atoms with E-state index >= 15 is 0 Å². The average molecular weight is 447 g/mol. The van der Waals surface area contributed by atoms with Gasteiger partial charge >= 0.3 is 0 Å². The first-order chi connectivity index (χ1) is 16.1. The predicted molar refractivity (Wildman–Crippen MR) is 119 cm³/mol. The van der Waals surface area contributed by atoms with Crippen LogP contribution in [0.5, 0.6) is 0 Å². The fraction of sp³-hybridized carbons (Fsp3) is 0.261. The molecule has 1 saturated heterocycles. The van der Waals surface area contributed by atoms with Crippen LogP contribution in [0.15, 0.2) is 55.1 Å². The maximum absolute atomic E-state index is 13.3. The molecule has 4 aromatic rings. The molecular formula is C23H22FN7O2. The van der Waals surface area contributed by atoms with Crippen molar-refractivity contribution in [2.75, 3.05) is 18.1 Å². The molecule has 0 amide bonds. The van der Waals surface area contributed by atoms with Crippen molar-refractivity contribution in [2.24, 2.45) is 0 Å². The lowest BCUT2D eigenvalue weighted by molar-refractivity contribution is 0.0132. The van der Waals surface area contributed by atoms with Crippen LogP contribution in [0, 0.1) is 12.7 Å². The number of aldehydes is 1. The van der Waals surface area contributed by atoms with Gasteiger partial charge in [0.25, 0.3) is 0 Å². The first kappa shape index (κ1) is 21.0. The van der Waals surface area contributed by atoms with Crippen molar-refractivity contribution in [1.82, 2.24) is 29.8 Å². The third-order valence-corrected chi connectivity index (χ3v) is 5.52. The highest BCUT2D eigenvalue weighted by molar-refractivity contribution is 5.83. The lowest BCUT2D eigenvalue weighted by Crippen LogP contribution is -2.46. The predicted octanol–water partition coefficient (Wildman–Crippen LogP) is 3.04. The van der Waals surface area contributed by atoms with Gasteiger partial charge in [-0.1, -0.05) is 12.1 Å². The van der Waals surface area contributed by atoms with E-state index in [4.69, 9.17) is 4.74 Å². The third kappa shape index (κ3) is 4.24. The van der Waals surface area contributed by atoms with Gasteiger partial charge in [0.05, 0.1) is 37.4 Å². The van der Waals surface area contributed by atoms with Crippen LogP contribution in [-0.2, 0) is 11.3 Å². The standard InChI is InChI=1S/C23H22FN7O2/c1-16-11-21(23(20(15-32)28-16)31-25-7-8-26-31)30-9-2-10-33-22(30)14-29-13-18(12-27-29)17-3-5-19(24)6-4-17/h3-8,11-13,15,22H,2,9-10,14H2,1H3. The van der Waals surface area contributed by atoms with E-state index in [9.17, 15) is 9.18 Å². The van der Waals surface area contributed by atoms with Crippen molar-refractivity contribution in [2.45, 2.75) is 26.1 Å². The number of anilines is 1. The van der Waals surface area contributed by atoms with Crippen LogP contribution in [0.3, 0.4) is 0 Å². The number of pyridine rings is 1. The number of carbonyl (C=O) groups excluding carboxylic acids is 1. The number of aromatic nitrogens is 6. The average Bonchev–Trinajstić information content (AvgIpc) is 3.52. The summed E-state index contributed by atoms with van der Waals surface area (Å²) in [5.74, 6) is -0.276. The Morgan fingerprint density at radius 3 is 2.70 bits per heavy atom. The Bertz CT molecular complexity index is 1250. The lowest BCUT2D eigenvalue weighted by Gasteiger charge is -2.38. The van der Waals surface area contributed by atoms with Gasteiger partial charge in [0.2, 0.25) is 0 Å². The third-order valence-electron chi connectivity index (χ3n) is 5.52. The molecule has 0 radical (unpaired) electrons. The minimum absolute atomic E-state index is 0.267. The number of hydrogen-bond donors (Lipinski definition) is 0. The molecule has 1 unspecified atom stereocenters. The van der Waals surface area contributed by atoms with Gasteiger partial charge in [-0.2, -0.15) is 15.3 Å². The first-order valence-corrected chi connectivity index (χ1v) is 10.6. The Morgan fingerprint density at radius 1 is 1.15 bits per heavy atom. The van der Waals surface area contributed by atoms with Crippen LogP contribution in [0.4, 0.5) is 10.1 Å². The number of aryl methyl sites for hydroxylation is 1. The number of carbonyl (C=O) groups is 1. The zero-order chi connectivity index (χ0) is 22.8. The van der Waals surface area contributed by atoms with Crippen molar-refractivity contribution >= 4 is 12.0 Å². The summed E-state index contributed by atoms with van der Waals surface area (Å²) in [5, 5.41) is 12.9. The number of nitrogens with zero attached hydrogens (tertiary/aromatic N) is 7. The van der Waals surface area contributed by atoms with Crippen molar-refractivity contribution in [1.29, 1.82) is 0 Å². The summed E-state index contributed by atoms with van der Waals surface area (Å²) >= 11 is 0. The zero-order valence-corrected chi connectivity index (χ0v) is 18.0. The monoisotopic (exact) mass is 447 g/mol. The fourth-order valence-corrected chi connectivity index (χ4v) is 4.04. The van der Waals surface area contributed by atoms with E-state index in [2.05, 4.69) is 25.2 Å². The number of ether oxygens (including phenoxy) is 1. The van der Waals surface area contributed by atoms with Crippen molar-refractivity contribution in [3.63, 3.8) is 0 Å². The fourth-order valence-electron chi connectivity index (χ4n) is 4.04. The molecule has 4 heterocycles. The van der Waals surface area contributed by atoms with Crippen LogP contribution >= 0.6 is 0 Å². The molecule has 1 aliphatic rings. The molecule has 1 atom stereocenters. The summed E-state index contributed by atoms with van der Waals surface area (Å²) in [6, 6.07) is 8.23. The summed E-state index contributed by atoms with van der Waals surface area (Å²) in [6.07, 6.45) is 8.01. The molecule has 3 aromatic heterocycles. The van der Waals surface area contributed by atoms with E-state index in [0.29, 0.717) is 24.5 Å². The molecule has 5 rings (SSSR count). The SMILES string of the molecule is Cc1cc(N2CCCOC2Cn2cc(-c3ccc(F)cc3)cn2)c(-n2nccn2)c(C=O)n1. The summed E-state index contributed by atoms with van der Waals surface area (Å²) in [7, 11) is 0. The van der Waals surface area contributed by atoms with Crippen LogP contribution in [0.25, 0.3) is 16.8 Å². The molecule has 10 heteroatoms. The second-order valence-electron chi connectivity index (χ2n) is 7.78. The Kier molecular flexibility index (Phi) is 5.66. The summed E-state index contributed by atoms with van der Waals surface area (Å²) in [5.41, 5.74) is 4.05. The van der Waals surface area contributed by atoms with E-state index in [-0.39, 0.29) is 17.7 Å². The number of rotatable bonds is 6. The van der Waals surface area contributed by atoms with E-state index < -0.39 is 0 Å². The van der Waals surface area contributed by atoms with Crippen molar-refractivity contribution in [3.8, 4) is 16.8 Å². The molecule has 0 spiro atoms. The maximum atomic E-state index is 13.3. The lowest BCUT2D eigenvalue weighted by atomic mass is 10.1. The first-order valence-electron chi connectivity index (χ1n) is 10.6. The minimum atomic E-state index is -0.324. The number of hydrogen-bond acceptors (Lipinski definition) is 7. The van der Waals surface area contributed by atoms with Crippen molar-refractivity contribution in [3.05, 3.63) is 72.3 Å². The van der Waals surface area contributed by atoms with Crippen LogP contribution < -0.4 is 4.90 Å². The quantitative estimate of drug-likeness (QED) is 0.420. The molecule has 33 heavy (non-hydrogen) atoms. The van der Waals surface area contributed by atoms with E-state index in [1.54, 1.807) is 30.7 Å². The second kappa shape index (κ2) is 8.91. The molecule has 0 bridgehead atoms. The Balaban J connectivity index is 1.48. The van der Waals surface area contributed by atoms with E-state index in [0.717, 1.165) is 36.1 Å². The normalized spacial score (nSPS) is 16.2. The highest BCUT2D eigenvalue weighted by Crippen LogP contribution is 2.31. The van der Waals surface area contributed by atoms with Gasteiger partial charge < -0.3 is 9.64 Å². The summed E-state index contributed by atoms with van der Waals surface area (Å²) in [4.78, 5) is 19.7. The molecule has 1 aliphatic heterocycles. The maximum Gasteiger partial charge on any atom is 0.170 e. The Hall–Kier alpha value is -3.92. The van der Waals surface area contributed by atoms with Crippen molar-refractivity contribution < 1.29 is 13.9 Å². The van der Waals surface area contributed by atoms with Crippen LogP contribution in [0.2, 0.25) is 0 Å². The summed E-state index contributed by atoms with van der Waals surface area (Å²) in [6.45, 7) is 3.66. The minimum Gasteiger partial charge on any atom is -0.356 e. The van der Waals surface area contributed by atoms with E-state index in [1.165, 1.54) is 16.9 Å². The largest absolute Gasteiger partial charge is 0.356 e. The molecule has 168 valence electrons. The Labute approximate surface area is 189 Å². The van der Waals surface area contributed by atoms with Crippen LogP contribution in [-0.4, -0.2) is 55.4 Å². The van der Waals surface area contributed by atoms with E-state index in [1.807, 2.05) is 23.9 Å². The number of halogens is 1. The highest BCUT2D eigenvalue weighted by Gasteiger charge is 2.29. The second-order valence-corrected chi connectivity index (χ2v) is 7.78. The van der Waals surface area contributed by atoms with Crippen LogP contribution in [0.1, 0.15) is 22.6 Å². The molecule has 1 aromatic carbocycles. The summed E-state index contributed by atoms with van der Waals surface area (Å²) < 4.78 is 21.2. The van der Waals surface area contributed by atoms with Gasteiger partial charge in [0, 0.05) is 24.0 Å². The van der Waals surface area contributed by atoms with Gasteiger partial charge in [-0.05, 0) is 37.1 Å². The van der Waals surface area contributed by atoms with Gasteiger partial charge in [-0.15, -0.1) is 4.80 Å². The van der Waals surface area contributed by atoms with Gasteiger partial charge in [-0.25, -0.2) is 9.37 Å². The molecule has 0 N–H and O–H groups in total. The molecule has 0 aliphatic carbocycles. The van der Waals surface area contributed by atoms with Gasteiger partial charge in [0.1, 0.15) is 23.4 Å².